The first-order chi connectivity index (χ1) is 13.9. The Morgan fingerprint density at radius 1 is 1.00 bits per heavy atom. The highest BCUT2D eigenvalue weighted by Crippen LogP contribution is 2.10. The molecule has 0 aliphatic heterocycles. The number of hydrogen-bond acceptors (Lipinski definition) is 3. The van der Waals surface area contributed by atoms with Gasteiger partial charge in [-0.3, -0.25) is 14.4 Å². The minimum Gasteiger partial charge on any atom is -0.344 e. The summed E-state index contributed by atoms with van der Waals surface area (Å²) in [6, 6.07) is 8.77. The predicted octanol–water partition coefficient (Wildman–Crippen LogP) is 4.02. The Balaban J connectivity index is 2.62. The number of carbonyl (C=O) groups excluding carboxylic acids is 3. The molecule has 1 rings (SSSR count). The van der Waals surface area contributed by atoms with Gasteiger partial charge in [0.15, 0.2) is 5.78 Å². The summed E-state index contributed by atoms with van der Waals surface area (Å²) in [4.78, 5) is 37.2. The largest absolute Gasteiger partial charge is 0.344 e. The minimum atomic E-state index is -0.647. The molecular formula is C23H35ClN2O3. The molecule has 0 heterocycles. The van der Waals surface area contributed by atoms with Crippen molar-refractivity contribution < 1.29 is 14.4 Å². The molecule has 6 heteroatoms. The number of nitrogens with one attached hydrogen (secondary N) is 2. The lowest BCUT2D eigenvalue weighted by atomic mass is 10.0. The maximum Gasteiger partial charge on any atom is 0.243 e. The third-order valence-corrected chi connectivity index (χ3v) is 5.02. The predicted molar refractivity (Wildman–Crippen MR) is 118 cm³/mol. The van der Waals surface area contributed by atoms with Crippen LogP contribution in [0, 0.1) is 5.92 Å². The van der Waals surface area contributed by atoms with Gasteiger partial charge in [0.25, 0.3) is 0 Å². The van der Waals surface area contributed by atoms with Crippen LogP contribution < -0.4 is 10.6 Å². The van der Waals surface area contributed by atoms with Gasteiger partial charge >= 0.3 is 0 Å². The topological polar surface area (TPSA) is 75.3 Å². The molecule has 5 nitrogen and oxygen atoms in total. The van der Waals surface area contributed by atoms with Gasteiger partial charge in [0.1, 0.15) is 6.04 Å². The van der Waals surface area contributed by atoms with E-state index in [9.17, 15) is 14.4 Å². The Hall–Kier alpha value is -1.88. The summed E-state index contributed by atoms with van der Waals surface area (Å²) in [5.41, 5.74) is 1.19. The summed E-state index contributed by atoms with van der Waals surface area (Å²) in [6.45, 7) is 6.03. The van der Waals surface area contributed by atoms with Crippen molar-refractivity contribution in [3.05, 3.63) is 35.9 Å². The van der Waals surface area contributed by atoms with Gasteiger partial charge in [-0.1, -0.05) is 63.9 Å². The highest BCUT2D eigenvalue weighted by atomic mass is 35.5. The van der Waals surface area contributed by atoms with Gasteiger partial charge in [0, 0.05) is 6.42 Å². The fourth-order valence-corrected chi connectivity index (χ4v) is 3.34. The number of rotatable bonds is 14. The third-order valence-electron chi connectivity index (χ3n) is 4.75. The van der Waals surface area contributed by atoms with E-state index in [4.69, 9.17) is 11.6 Å². The maximum absolute atomic E-state index is 12.8. The standard InChI is InChI=1S/C23H35ClN2O3/c1-4-5-13-19(21(27)16-24)26-23(29)20(15-17(2)3)25-22(28)14-9-12-18-10-7-6-8-11-18/h6-8,10-11,17,19-20H,4-5,9,12-16H2,1-3H3,(H,25,28)(H,26,29)/t19-,20-/m0/s1. The van der Waals surface area contributed by atoms with Crippen LogP contribution in [0.2, 0.25) is 0 Å². The molecule has 1 aromatic carbocycles. The number of halogens is 1. The molecule has 0 fully saturated rings. The van der Waals surface area contributed by atoms with E-state index in [1.165, 1.54) is 5.56 Å². The van der Waals surface area contributed by atoms with E-state index >= 15 is 0 Å². The summed E-state index contributed by atoms with van der Waals surface area (Å²) in [6.07, 6.45) is 4.73. The van der Waals surface area contributed by atoms with Gasteiger partial charge in [-0.25, -0.2) is 0 Å². The van der Waals surface area contributed by atoms with Crippen molar-refractivity contribution >= 4 is 29.2 Å². The molecule has 0 aromatic heterocycles. The summed E-state index contributed by atoms with van der Waals surface area (Å²) >= 11 is 5.69. The summed E-state index contributed by atoms with van der Waals surface area (Å²) in [5.74, 6) is -0.542. The van der Waals surface area contributed by atoms with E-state index in [0.717, 1.165) is 25.7 Å². The molecule has 2 atom stereocenters. The van der Waals surface area contributed by atoms with Crippen molar-refractivity contribution in [3.8, 4) is 0 Å². The van der Waals surface area contributed by atoms with E-state index in [1.54, 1.807) is 0 Å². The number of alkyl halides is 1. The van der Waals surface area contributed by atoms with Crippen molar-refractivity contribution in [2.24, 2.45) is 5.92 Å². The van der Waals surface area contributed by atoms with Gasteiger partial charge < -0.3 is 10.6 Å². The van der Waals surface area contributed by atoms with E-state index in [1.807, 2.05) is 51.1 Å². The van der Waals surface area contributed by atoms with Crippen LogP contribution in [-0.4, -0.2) is 35.6 Å². The van der Waals surface area contributed by atoms with Crippen LogP contribution in [0.1, 0.15) is 64.9 Å². The maximum atomic E-state index is 12.8. The summed E-state index contributed by atoms with van der Waals surface area (Å²) in [5, 5.41) is 5.67. The second kappa shape index (κ2) is 14.2. The van der Waals surface area contributed by atoms with Gasteiger partial charge in [-0.2, -0.15) is 0 Å². The molecule has 0 saturated heterocycles. The Bertz CT molecular complexity index is 634. The number of ketones is 1. The van der Waals surface area contributed by atoms with Crippen LogP contribution in [0.25, 0.3) is 0 Å². The zero-order valence-corrected chi connectivity index (χ0v) is 18.6. The SMILES string of the molecule is CCCC[C@H](NC(=O)[C@H](CC(C)C)NC(=O)CCCc1ccccc1)C(=O)CCl. The number of unbranched alkanes of at least 4 members (excludes halogenated alkanes) is 1. The van der Waals surface area contributed by atoms with E-state index in [0.29, 0.717) is 19.3 Å². The second-order valence-corrected chi connectivity index (χ2v) is 8.16. The van der Waals surface area contributed by atoms with Crippen LogP contribution in [0.4, 0.5) is 0 Å². The molecule has 2 amide bonds. The zero-order valence-electron chi connectivity index (χ0n) is 17.9. The molecule has 0 spiro atoms. The fraction of sp³-hybridized carbons (Fsp3) is 0.609. The molecule has 1 aromatic rings. The summed E-state index contributed by atoms with van der Waals surface area (Å²) < 4.78 is 0. The Morgan fingerprint density at radius 2 is 1.69 bits per heavy atom. The van der Waals surface area contributed by atoms with Gasteiger partial charge in [0.2, 0.25) is 11.8 Å². The number of carbonyl (C=O) groups is 3. The number of benzene rings is 1. The van der Waals surface area contributed by atoms with E-state index in [2.05, 4.69) is 10.6 Å². The first-order valence-electron chi connectivity index (χ1n) is 10.6. The molecule has 0 saturated carbocycles. The van der Waals surface area contributed by atoms with E-state index < -0.39 is 12.1 Å². The molecule has 2 N–H and O–H groups in total. The van der Waals surface area contributed by atoms with Crippen molar-refractivity contribution in [2.45, 2.75) is 77.8 Å². The first kappa shape index (κ1) is 25.2. The Kier molecular flexibility index (Phi) is 12.3. The highest BCUT2D eigenvalue weighted by molar-refractivity contribution is 6.28. The van der Waals surface area contributed by atoms with Crippen molar-refractivity contribution in [1.29, 1.82) is 0 Å². The normalized spacial score (nSPS) is 13.0. The molecule has 29 heavy (non-hydrogen) atoms. The first-order valence-corrected chi connectivity index (χ1v) is 11.1. The highest BCUT2D eigenvalue weighted by Gasteiger charge is 2.26. The number of hydrogen-bond donors (Lipinski definition) is 2. The van der Waals surface area contributed by atoms with Crippen molar-refractivity contribution in [1.82, 2.24) is 10.6 Å². The smallest absolute Gasteiger partial charge is 0.243 e. The van der Waals surface area contributed by atoms with Crippen LogP contribution in [0.5, 0.6) is 0 Å². The van der Waals surface area contributed by atoms with E-state index in [-0.39, 0.29) is 29.4 Å². The molecule has 0 radical (unpaired) electrons. The van der Waals surface area contributed by atoms with Crippen molar-refractivity contribution in [2.75, 3.05) is 5.88 Å². The second-order valence-electron chi connectivity index (χ2n) is 7.89. The molecule has 0 aliphatic rings. The third kappa shape index (κ3) is 10.5. The summed E-state index contributed by atoms with van der Waals surface area (Å²) in [7, 11) is 0. The molecule has 0 unspecified atom stereocenters. The van der Waals surface area contributed by atoms with Crippen LogP contribution in [0.15, 0.2) is 30.3 Å². The number of amides is 2. The van der Waals surface area contributed by atoms with Crippen LogP contribution in [-0.2, 0) is 20.8 Å². The molecule has 162 valence electrons. The Morgan fingerprint density at radius 3 is 2.28 bits per heavy atom. The average Bonchev–Trinajstić information content (AvgIpc) is 2.70. The van der Waals surface area contributed by atoms with Gasteiger partial charge in [0.05, 0.1) is 11.9 Å². The number of Topliss-reactive ketones (excluding diaryl/α,β-unsaturated/α-hetero) is 1. The molecule has 0 aliphatic carbocycles. The monoisotopic (exact) mass is 422 g/mol. The lowest BCUT2D eigenvalue weighted by Gasteiger charge is -2.23. The molecular weight excluding hydrogens is 388 g/mol. The quantitative estimate of drug-likeness (QED) is 0.444. The fourth-order valence-electron chi connectivity index (χ4n) is 3.15. The lowest BCUT2D eigenvalue weighted by Crippen LogP contribution is -2.52. The van der Waals surface area contributed by atoms with Gasteiger partial charge in [-0.15, -0.1) is 11.6 Å². The average molecular weight is 423 g/mol. The van der Waals surface area contributed by atoms with Crippen LogP contribution in [0.3, 0.4) is 0 Å². The van der Waals surface area contributed by atoms with Crippen molar-refractivity contribution in [3.63, 3.8) is 0 Å². The lowest BCUT2D eigenvalue weighted by molar-refractivity contribution is -0.131. The zero-order chi connectivity index (χ0) is 21.6. The minimum absolute atomic E-state index is 0.130. The van der Waals surface area contributed by atoms with Crippen LogP contribution >= 0.6 is 11.6 Å². The Labute approximate surface area is 180 Å². The molecule has 0 bridgehead atoms. The number of aryl methyl sites for hydroxylation is 1. The van der Waals surface area contributed by atoms with Gasteiger partial charge in [-0.05, 0) is 37.2 Å².